The lowest BCUT2D eigenvalue weighted by Crippen LogP contribution is -2.11. The molecule has 5 nitrogen and oxygen atoms in total. The van der Waals surface area contributed by atoms with Gasteiger partial charge in [-0.2, -0.15) is 13.2 Å². The first kappa shape index (κ1) is 22.7. The minimum absolute atomic E-state index is 0.0416. The van der Waals surface area contributed by atoms with E-state index in [0.717, 1.165) is 11.1 Å². The van der Waals surface area contributed by atoms with Crippen molar-refractivity contribution in [3.05, 3.63) is 59.9 Å². The van der Waals surface area contributed by atoms with Crippen LogP contribution in [-0.4, -0.2) is 35.7 Å². The Morgan fingerprint density at radius 2 is 1.79 bits per heavy atom. The Bertz CT molecular complexity index is 1390. The fourth-order valence-electron chi connectivity index (χ4n) is 4.12. The van der Waals surface area contributed by atoms with E-state index in [2.05, 4.69) is 39.2 Å². The van der Waals surface area contributed by atoms with Crippen molar-refractivity contribution in [1.29, 1.82) is 0 Å². The van der Waals surface area contributed by atoms with Gasteiger partial charge in [0, 0.05) is 30.8 Å². The van der Waals surface area contributed by atoms with Gasteiger partial charge in [-0.1, -0.05) is 31.2 Å². The number of aryl methyl sites for hydroxylation is 1. The number of alkyl halides is 3. The monoisotopic (exact) mass is 484 g/mol. The van der Waals surface area contributed by atoms with E-state index in [4.69, 9.17) is 0 Å². The zero-order valence-electron chi connectivity index (χ0n) is 18.8. The largest absolute Gasteiger partial charge is 0.393 e. The predicted octanol–water partition coefficient (Wildman–Crippen LogP) is 5.81. The van der Waals surface area contributed by atoms with Gasteiger partial charge in [-0.3, -0.25) is 9.19 Å². The third-order valence-corrected chi connectivity index (χ3v) is 7.36. The summed E-state index contributed by atoms with van der Waals surface area (Å²) in [7, 11) is 0.407. The van der Waals surface area contributed by atoms with Crippen LogP contribution < -0.4 is 0 Å². The summed E-state index contributed by atoms with van der Waals surface area (Å²) < 4.78 is 53.1. The van der Waals surface area contributed by atoms with Crippen LogP contribution in [0.3, 0.4) is 0 Å². The molecule has 176 valence electrons. The van der Waals surface area contributed by atoms with Crippen molar-refractivity contribution in [2.75, 3.05) is 5.75 Å². The van der Waals surface area contributed by atoms with Gasteiger partial charge in [-0.15, -0.1) is 0 Å². The second-order valence-corrected chi connectivity index (χ2v) is 10.3. The summed E-state index contributed by atoms with van der Waals surface area (Å²) in [4.78, 5) is 13.9. The molecule has 0 saturated heterocycles. The fourth-order valence-corrected chi connectivity index (χ4v) is 5.05. The van der Waals surface area contributed by atoms with Crippen molar-refractivity contribution in [3.8, 4) is 22.6 Å². The number of hydrogen-bond acceptors (Lipinski definition) is 4. The zero-order valence-corrected chi connectivity index (χ0v) is 19.6. The van der Waals surface area contributed by atoms with Gasteiger partial charge in [0.2, 0.25) is 0 Å². The van der Waals surface area contributed by atoms with Crippen LogP contribution in [-0.2, 0) is 24.3 Å². The standard InChI is InChI=1S/C25H23F3N4OS/c1-3-34(33)21-11-19(18-8-6-17(7-9-18)16-4-5-16)14-29-22(21)24-31-20-10-15(12-25(26,27)28)13-30-23(20)32(24)2/h6-11,13-14,16H,3-5,12H2,1-2H3. The van der Waals surface area contributed by atoms with Gasteiger partial charge in [0.1, 0.15) is 11.2 Å². The van der Waals surface area contributed by atoms with Gasteiger partial charge < -0.3 is 4.57 Å². The number of rotatable bonds is 6. The lowest BCUT2D eigenvalue weighted by atomic mass is 10.0. The molecule has 0 N–H and O–H groups in total. The Labute approximate surface area is 197 Å². The molecular weight excluding hydrogens is 461 g/mol. The summed E-state index contributed by atoms with van der Waals surface area (Å²) in [5, 5.41) is 0. The first-order valence-electron chi connectivity index (χ1n) is 11.1. The first-order chi connectivity index (χ1) is 16.2. The maximum atomic E-state index is 13.0. The van der Waals surface area contributed by atoms with Gasteiger partial charge in [0.05, 0.1) is 22.1 Å². The molecule has 1 fully saturated rings. The maximum absolute atomic E-state index is 13.0. The molecule has 0 aliphatic heterocycles. The van der Waals surface area contributed by atoms with E-state index in [-0.39, 0.29) is 5.56 Å². The van der Waals surface area contributed by atoms with Gasteiger partial charge >= 0.3 is 6.18 Å². The number of fused-ring (bicyclic) bond motifs is 1. The normalized spacial score (nSPS) is 15.1. The quantitative estimate of drug-likeness (QED) is 0.347. The Morgan fingerprint density at radius 1 is 1.06 bits per heavy atom. The summed E-state index contributed by atoms with van der Waals surface area (Å²) in [6, 6.07) is 11.6. The molecule has 0 amide bonds. The van der Waals surface area contributed by atoms with Crippen LogP contribution in [0, 0.1) is 0 Å². The van der Waals surface area contributed by atoms with Crippen LogP contribution in [0.5, 0.6) is 0 Å². The van der Waals surface area contributed by atoms with Crippen molar-refractivity contribution in [3.63, 3.8) is 0 Å². The molecule has 9 heteroatoms. The molecule has 1 atom stereocenters. The summed E-state index contributed by atoms with van der Waals surface area (Å²) in [5.74, 6) is 1.48. The molecule has 0 radical (unpaired) electrons. The van der Waals surface area contributed by atoms with Gasteiger partial charge in [-0.05, 0) is 47.6 Å². The first-order valence-corrected chi connectivity index (χ1v) is 12.4. The molecule has 1 aliphatic carbocycles. The minimum Gasteiger partial charge on any atom is -0.310 e. The smallest absolute Gasteiger partial charge is 0.310 e. The highest BCUT2D eigenvalue weighted by Gasteiger charge is 2.28. The molecule has 0 spiro atoms. The second kappa shape index (κ2) is 8.61. The SMILES string of the molecule is CCS(=O)c1cc(-c2ccc(C3CC3)cc2)cnc1-c1nc2cc(CC(F)(F)F)cnc2n1C. The number of imidazole rings is 1. The third-order valence-electron chi connectivity index (χ3n) is 6.03. The minimum atomic E-state index is -4.33. The van der Waals surface area contributed by atoms with E-state index < -0.39 is 23.4 Å². The van der Waals surface area contributed by atoms with Crippen LogP contribution in [0.1, 0.15) is 36.8 Å². The summed E-state index contributed by atoms with van der Waals surface area (Å²) in [5.41, 5.74) is 4.44. The average Bonchev–Trinajstić information content (AvgIpc) is 3.61. The molecule has 1 aromatic carbocycles. The van der Waals surface area contributed by atoms with E-state index in [9.17, 15) is 17.4 Å². The molecule has 1 aliphatic rings. The van der Waals surface area contributed by atoms with Gasteiger partial charge in [0.15, 0.2) is 11.5 Å². The molecule has 5 rings (SSSR count). The molecular formula is C25H23F3N4OS. The Kier molecular flexibility index (Phi) is 5.75. The van der Waals surface area contributed by atoms with Crippen LogP contribution in [0.15, 0.2) is 53.7 Å². The van der Waals surface area contributed by atoms with Crippen molar-refractivity contribution in [2.45, 2.75) is 43.2 Å². The summed E-state index contributed by atoms with van der Waals surface area (Å²) >= 11 is 0. The van der Waals surface area contributed by atoms with E-state index in [1.807, 2.05) is 13.0 Å². The Morgan fingerprint density at radius 3 is 2.44 bits per heavy atom. The van der Waals surface area contributed by atoms with E-state index in [1.54, 1.807) is 17.8 Å². The fraction of sp³-hybridized carbons (Fsp3) is 0.320. The average molecular weight is 485 g/mol. The number of benzene rings is 1. The van der Waals surface area contributed by atoms with Gasteiger partial charge in [0.25, 0.3) is 0 Å². The van der Waals surface area contributed by atoms with E-state index >= 15 is 0 Å². The van der Waals surface area contributed by atoms with Crippen molar-refractivity contribution < 1.29 is 17.4 Å². The number of halogens is 3. The Balaban J connectivity index is 1.57. The molecule has 3 aromatic heterocycles. The highest BCUT2D eigenvalue weighted by atomic mass is 32.2. The van der Waals surface area contributed by atoms with Crippen molar-refractivity contribution in [2.24, 2.45) is 7.05 Å². The molecule has 0 bridgehead atoms. The highest BCUT2D eigenvalue weighted by Crippen LogP contribution is 2.40. The van der Waals surface area contributed by atoms with E-state index in [1.165, 1.54) is 30.7 Å². The van der Waals surface area contributed by atoms with E-state index in [0.29, 0.717) is 39.2 Å². The molecule has 1 saturated carbocycles. The molecule has 1 unspecified atom stereocenters. The molecule has 3 heterocycles. The lowest BCUT2D eigenvalue weighted by Gasteiger charge is -2.11. The summed E-state index contributed by atoms with van der Waals surface area (Å²) in [6.07, 6.45) is 0.0132. The van der Waals surface area contributed by atoms with Crippen LogP contribution in [0.4, 0.5) is 13.2 Å². The Hall–Kier alpha value is -3.07. The second-order valence-electron chi connectivity index (χ2n) is 8.57. The zero-order chi connectivity index (χ0) is 24.0. The van der Waals surface area contributed by atoms with Crippen molar-refractivity contribution in [1.82, 2.24) is 19.5 Å². The van der Waals surface area contributed by atoms with Crippen LogP contribution in [0.25, 0.3) is 33.8 Å². The lowest BCUT2D eigenvalue weighted by molar-refractivity contribution is -0.127. The maximum Gasteiger partial charge on any atom is 0.393 e. The molecule has 4 aromatic rings. The topological polar surface area (TPSA) is 60.7 Å². The summed E-state index contributed by atoms with van der Waals surface area (Å²) in [6.45, 7) is 1.83. The third kappa shape index (κ3) is 4.49. The molecule has 34 heavy (non-hydrogen) atoms. The van der Waals surface area contributed by atoms with Crippen LogP contribution >= 0.6 is 0 Å². The van der Waals surface area contributed by atoms with Gasteiger partial charge in [-0.25, -0.2) is 9.97 Å². The number of hydrogen-bond donors (Lipinski definition) is 0. The number of aromatic nitrogens is 4. The van der Waals surface area contributed by atoms with Crippen molar-refractivity contribution >= 4 is 22.0 Å². The number of nitrogens with zero attached hydrogens (tertiary/aromatic N) is 4. The number of pyridine rings is 2. The van der Waals surface area contributed by atoms with Crippen LogP contribution in [0.2, 0.25) is 0 Å². The predicted molar refractivity (Wildman–Crippen MR) is 126 cm³/mol. The highest BCUT2D eigenvalue weighted by molar-refractivity contribution is 7.85.